The fourth-order valence-electron chi connectivity index (χ4n) is 2.04. The van der Waals surface area contributed by atoms with Gasteiger partial charge in [0.25, 0.3) is 0 Å². The maximum absolute atomic E-state index is 11.6. The van der Waals surface area contributed by atoms with Gasteiger partial charge in [0, 0.05) is 31.3 Å². The number of hydrogen-bond donors (Lipinski definition) is 0. The second-order valence-electron chi connectivity index (χ2n) is 4.73. The summed E-state index contributed by atoms with van der Waals surface area (Å²) in [4.78, 5) is 11.6. The molecular formula is C15H30O2S. The van der Waals surface area contributed by atoms with E-state index in [1.54, 1.807) is 0 Å². The molecule has 0 heterocycles. The minimum Gasteiger partial charge on any atom is -0.382 e. The lowest BCUT2D eigenvalue weighted by Gasteiger charge is -2.12. The number of ether oxygens (including phenoxy) is 1. The molecule has 18 heavy (non-hydrogen) atoms. The third-order valence-corrected chi connectivity index (χ3v) is 4.26. The van der Waals surface area contributed by atoms with Crippen LogP contribution in [0.3, 0.4) is 0 Å². The first-order valence-corrected chi connectivity index (χ1v) is 8.65. The van der Waals surface area contributed by atoms with E-state index in [-0.39, 0.29) is 0 Å². The Kier molecular flexibility index (Phi) is 13.4. The van der Waals surface area contributed by atoms with Gasteiger partial charge in [-0.05, 0) is 38.9 Å². The molecule has 0 bridgehead atoms. The lowest BCUT2D eigenvalue weighted by atomic mass is 10.1. The zero-order valence-corrected chi connectivity index (χ0v) is 13.2. The number of carbonyl (C=O) groups excluding carboxylic acids is 1. The van der Waals surface area contributed by atoms with Crippen molar-refractivity contribution in [2.75, 3.05) is 19.5 Å². The monoisotopic (exact) mass is 274 g/mol. The van der Waals surface area contributed by atoms with E-state index in [0.717, 1.165) is 37.7 Å². The van der Waals surface area contributed by atoms with Crippen LogP contribution in [0.1, 0.15) is 65.2 Å². The molecule has 0 aliphatic heterocycles. The molecule has 108 valence electrons. The largest absolute Gasteiger partial charge is 0.382 e. The molecule has 0 aromatic heterocycles. The summed E-state index contributed by atoms with van der Waals surface area (Å²) in [6.45, 7) is 5.71. The Morgan fingerprint density at radius 3 is 2.44 bits per heavy atom. The Bertz CT molecular complexity index is 195. The molecule has 0 spiro atoms. The molecule has 1 unspecified atom stereocenters. The Hall–Kier alpha value is -0.0200. The van der Waals surface area contributed by atoms with Crippen LogP contribution in [0, 0.1) is 0 Å². The normalized spacial score (nSPS) is 12.6. The molecule has 0 fully saturated rings. The van der Waals surface area contributed by atoms with Gasteiger partial charge in [-0.3, -0.25) is 4.79 Å². The number of rotatable bonds is 13. The molecule has 0 aromatic rings. The molecule has 0 aromatic carbocycles. The van der Waals surface area contributed by atoms with Gasteiger partial charge in [0.2, 0.25) is 0 Å². The van der Waals surface area contributed by atoms with E-state index in [9.17, 15) is 4.79 Å². The van der Waals surface area contributed by atoms with Crippen molar-refractivity contribution in [3.05, 3.63) is 0 Å². The van der Waals surface area contributed by atoms with Crippen LogP contribution < -0.4 is 0 Å². The maximum atomic E-state index is 11.6. The van der Waals surface area contributed by atoms with Gasteiger partial charge in [0.15, 0.2) is 0 Å². The fourth-order valence-corrected chi connectivity index (χ4v) is 2.91. The fraction of sp³-hybridized carbons (Fsp3) is 0.933. The van der Waals surface area contributed by atoms with Crippen molar-refractivity contribution in [3.63, 3.8) is 0 Å². The van der Waals surface area contributed by atoms with Crippen molar-refractivity contribution in [1.82, 2.24) is 0 Å². The Morgan fingerprint density at radius 1 is 1.11 bits per heavy atom. The van der Waals surface area contributed by atoms with Crippen molar-refractivity contribution in [3.8, 4) is 0 Å². The number of carbonyl (C=O) groups is 1. The van der Waals surface area contributed by atoms with Crippen LogP contribution in [-0.2, 0) is 9.53 Å². The summed E-state index contributed by atoms with van der Waals surface area (Å²) >= 11 is 1.97. The first-order chi connectivity index (χ1) is 8.74. The third kappa shape index (κ3) is 11.1. The molecule has 2 nitrogen and oxygen atoms in total. The van der Waals surface area contributed by atoms with Crippen LogP contribution in [0.2, 0.25) is 0 Å². The molecule has 0 radical (unpaired) electrons. The second kappa shape index (κ2) is 13.4. The summed E-state index contributed by atoms with van der Waals surface area (Å²) in [5, 5.41) is 0.794. The molecule has 0 aliphatic carbocycles. The van der Waals surface area contributed by atoms with Crippen molar-refractivity contribution in [2.45, 2.75) is 70.5 Å². The Balaban J connectivity index is 3.38. The van der Waals surface area contributed by atoms with Crippen molar-refractivity contribution >= 4 is 17.5 Å². The van der Waals surface area contributed by atoms with Gasteiger partial charge >= 0.3 is 0 Å². The van der Waals surface area contributed by atoms with E-state index >= 15 is 0 Å². The smallest absolute Gasteiger partial charge is 0.132 e. The van der Waals surface area contributed by atoms with Gasteiger partial charge < -0.3 is 4.74 Å². The molecule has 0 aliphatic rings. The molecule has 1 atom stereocenters. The van der Waals surface area contributed by atoms with Crippen LogP contribution >= 0.6 is 11.8 Å². The average molecular weight is 274 g/mol. The Labute approximate surface area is 117 Å². The van der Waals surface area contributed by atoms with Gasteiger partial charge in [0.1, 0.15) is 5.78 Å². The molecule has 3 heteroatoms. The van der Waals surface area contributed by atoms with Crippen LogP contribution in [0.4, 0.5) is 0 Å². The van der Waals surface area contributed by atoms with Crippen LogP contribution in [0.25, 0.3) is 0 Å². The topological polar surface area (TPSA) is 26.3 Å². The predicted octanol–water partition coefficient (Wildman–Crippen LogP) is 4.46. The SMILES string of the molecule is CCCC(CCCCC(=O)CCCOCC)SC. The summed E-state index contributed by atoms with van der Waals surface area (Å²) in [5.74, 6) is 0.408. The van der Waals surface area contributed by atoms with Crippen molar-refractivity contribution < 1.29 is 9.53 Å². The van der Waals surface area contributed by atoms with E-state index in [4.69, 9.17) is 4.74 Å². The second-order valence-corrected chi connectivity index (χ2v) is 5.87. The highest BCUT2D eigenvalue weighted by Crippen LogP contribution is 2.20. The van der Waals surface area contributed by atoms with E-state index in [2.05, 4.69) is 13.2 Å². The first kappa shape index (κ1) is 18.0. The highest BCUT2D eigenvalue weighted by molar-refractivity contribution is 7.99. The zero-order valence-electron chi connectivity index (χ0n) is 12.4. The highest BCUT2D eigenvalue weighted by Gasteiger charge is 2.06. The molecule has 0 N–H and O–H groups in total. The number of unbranched alkanes of at least 4 members (excludes halogenated alkanes) is 1. The molecule has 0 amide bonds. The zero-order chi connectivity index (χ0) is 13.6. The molecule has 0 saturated heterocycles. The van der Waals surface area contributed by atoms with Crippen LogP contribution in [-0.4, -0.2) is 30.5 Å². The maximum Gasteiger partial charge on any atom is 0.132 e. The lowest BCUT2D eigenvalue weighted by molar-refractivity contribution is -0.119. The molecule has 0 saturated carbocycles. The van der Waals surface area contributed by atoms with Gasteiger partial charge in [-0.2, -0.15) is 11.8 Å². The summed E-state index contributed by atoms with van der Waals surface area (Å²) in [5.41, 5.74) is 0. The van der Waals surface area contributed by atoms with E-state index in [0.29, 0.717) is 12.2 Å². The molecular weight excluding hydrogens is 244 g/mol. The number of ketones is 1. The van der Waals surface area contributed by atoms with E-state index in [1.165, 1.54) is 25.7 Å². The standard InChI is InChI=1S/C15H30O2S/c1-4-9-15(18-3)12-7-6-10-14(16)11-8-13-17-5-2/h15H,4-13H2,1-3H3. The average Bonchev–Trinajstić information content (AvgIpc) is 2.38. The lowest BCUT2D eigenvalue weighted by Crippen LogP contribution is -2.04. The number of hydrogen-bond acceptors (Lipinski definition) is 3. The minimum absolute atomic E-state index is 0.408. The van der Waals surface area contributed by atoms with Gasteiger partial charge in [-0.1, -0.05) is 19.8 Å². The first-order valence-electron chi connectivity index (χ1n) is 7.36. The predicted molar refractivity (Wildman–Crippen MR) is 81.4 cm³/mol. The quantitative estimate of drug-likeness (QED) is 0.464. The molecule has 0 rings (SSSR count). The van der Waals surface area contributed by atoms with Crippen LogP contribution in [0.5, 0.6) is 0 Å². The number of thioether (sulfide) groups is 1. The van der Waals surface area contributed by atoms with E-state index in [1.807, 2.05) is 18.7 Å². The van der Waals surface area contributed by atoms with Gasteiger partial charge in [0.05, 0.1) is 0 Å². The van der Waals surface area contributed by atoms with Gasteiger partial charge in [-0.25, -0.2) is 0 Å². The third-order valence-electron chi connectivity index (χ3n) is 3.12. The van der Waals surface area contributed by atoms with Crippen molar-refractivity contribution in [2.24, 2.45) is 0 Å². The summed E-state index contributed by atoms with van der Waals surface area (Å²) in [6.07, 6.45) is 10.6. The summed E-state index contributed by atoms with van der Waals surface area (Å²) in [6, 6.07) is 0. The van der Waals surface area contributed by atoms with E-state index < -0.39 is 0 Å². The number of Topliss-reactive ketones (excluding diaryl/α,β-unsaturated/α-hetero) is 1. The minimum atomic E-state index is 0.408. The van der Waals surface area contributed by atoms with Crippen molar-refractivity contribution in [1.29, 1.82) is 0 Å². The van der Waals surface area contributed by atoms with Crippen LogP contribution in [0.15, 0.2) is 0 Å². The van der Waals surface area contributed by atoms with Gasteiger partial charge in [-0.15, -0.1) is 0 Å². The Morgan fingerprint density at radius 2 is 1.83 bits per heavy atom. The highest BCUT2D eigenvalue weighted by atomic mass is 32.2. The summed E-state index contributed by atoms with van der Waals surface area (Å²) < 4.78 is 5.23. The summed E-state index contributed by atoms with van der Waals surface area (Å²) in [7, 11) is 0.